The summed E-state index contributed by atoms with van der Waals surface area (Å²) in [5.74, 6) is 0.561. The molecule has 0 saturated heterocycles. The number of rotatable bonds is 3. The van der Waals surface area contributed by atoms with Gasteiger partial charge in [0.05, 0.1) is 0 Å². The lowest BCUT2D eigenvalue weighted by atomic mass is 10.2. The van der Waals surface area contributed by atoms with Gasteiger partial charge in [-0.05, 0) is 12.5 Å². The van der Waals surface area contributed by atoms with Gasteiger partial charge < -0.3 is 0 Å². The Morgan fingerprint density at radius 1 is 1.67 bits per heavy atom. The van der Waals surface area contributed by atoms with E-state index in [0.29, 0.717) is 5.88 Å². The lowest BCUT2D eigenvalue weighted by molar-refractivity contribution is 1.58. The Hall–Kier alpha value is -0.490. The summed E-state index contributed by atoms with van der Waals surface area (Å²) in [4.78, 5) is 0. The minimum atomic E-state index is 0.561. The van der Waals surface area contributed by atoms with Gasteiger partial charge in [-0.15, -0.1) is 11.6 Å². The standard InChI is InChI=1S/C8H11Cl/c1-3-8(4-2)6-5-7-9/h3-6H,1,7H2,2H3. The Morgan fingerprint density at radius 2 is 2.33 bits per heavy atom. The molecule has 0 spiro atoms. The summed E-state index contributed by atoms with van der Waals surface area (Å²) in [6.07, 6.45) is 7.61. The monoisotopic (exact) mass is 142 g/mol. The Bertz CT molecular complexity index is 132. The van der Waals surface area contributed by atoms with Gasteiger partial charge in [0.1, 0.15) is 0 Å². The van der Waals surface area contributed by atoms with E-state index in [0.717, 1.165) is 5.57 Å². The number of hydrogen-bond donors (Lipinski definition) is 0. The fourth-order valence-electron chi connectivity index (χ4n) is 0.463. The zero-order valence-electron chi connectivity index (χ0n) is 5.60. The predicted octanol–water partition coefficient (Wildman–Crippen LogP) is 2.91. The van der Waals surface area contributed by atoms with Crippen molar-refractivity contribution in [1.82, 2.24) is 0 Å². The van der Waals surface area contributed by atoms with Crippen LogP contribution in [0.1, 0.15) is 6.92 Å². The molecule has 0 aromatic rings. The number of allylic oxidation sites excluding steroid dienone is 5. The molecule has 0 amide bonds. The Kier molecular flexibility index (Phi) is 5.34. The van der Waals surface area contributed by atoms with Crippen LogP contribution in [0.2, 0.25) is 0 Å². The number of hydrogen-bond acceptors (Lipinski definition) is 0. The fourth-order valence-corrected chi connectivity index (χ4v) is 0.552. The molecule has 0 saturated carbocycles. The first-order valence-corrected chi connectivity index (χ1v) is 3.39. The third-order valence-electron chi connectivity index (χ3n) is 0.968. The molecule has 0 atom stereocenters. The third kappa shape index (κ3) is 4.04. The van der Waals surface area contributed by atoms with Crippen molar-refractivity contribution in [2.75, 3.05) is 5.88 Å². The molecular formula is C8H11Cl. The van der Waals surface area contributed by atoms with Crippen molar-refractivity contribution in [3.05, 3.63) is 36.5 Å². The van der Waals surface area contributed by atoms with Gasteiger partial charge in [0.25, 0.3) is 0 Å². The third-order valence-corrected chi connectivity index (χ3v) is 1.15. The molecule has 1 heteroatoms. The molecule has 0 aliphatic rings. The van der Waals surface area contributed by atoms with Gasteiger partial charge in [-0.1, -0.05) is 30.9 Å². The summed E-state index contributed by atoms with van der Waals surface area (Å²) in [5.41, 5.74) is 1.11. The molecule has 0 aromatic carbocycles. The molecule has 0 unspecified atom stereocenters. The SMILES string of the molecule is C=CC(C=CCCl)=CC. The van der Waals surface area contributed by atoms with Crippen molar-refractivity contribution in [2.24, 2.45) is 0 Å². The second-order valence-corrected chi connectivity index (χ2v) is 1.86. The van der Waals surface area contributed by atoms with Crippen molar-refractivity contribution >= 4 is 11.6 Å². The van der Waals surface area contributed by atoms with E-state index in [1.165, 1.54) is 0 Å². The fraction of sp³-hybridized carbons (Fsp3) is 0.250. The lowest BCUT2D eigenvalue weighted by Crippen LogP contribution is -1.67. The molecular weight excluding hydrogens is 132 g/mol. The minimum absolute atomic E-state index is 0.561. The summed E-state index contributed by atoms with van der Waals surface area (Å²) in [5, 5.41) is 0. The van der Waals surface area contributed by atoms with Crippen molar-refractivity contribution in [3.63, 3.8) is 0 Å². The topological polar surface area (TPSA) is 0 Å². The van der Waals surface area contributed by atoms with Gasteiger partial charge in [0, 0.05) is 5.88 Å². The zero-order chi connectivity index (χ0) is 7.11. The summed E-state index contributed by atoms with van der Waals surface area (Å²) in [6, 6.07) is 0. The van der Waals surface area contributed by atoms with Crippen molar-refractivity contribution in [2.45, 2.75) is 6.92 Å². The molecule has 50 valence electrons. The first kappa shape index (κ1) is 8.51. The van der Waals surface area contributed by atoms with E-state index >= 15 is 0 Å². The van der Waals surface area contributed by atoms with Crippen LogP contribution in [-0.2, 0) is 0 Å². The highest BCUT2D eigenvalue weighted by Gasteiger charge is 1.77. The van der Waals surface area contributed by atoms with E-state index in [4.69, 9.17) is 11.6 Å². The van der Waals surface area contributed by atoms with Crippen LogP contribution in [-0.4, -0.2) is 5.88 Å². The maximum atomic E-state index is 5.41. The van der Waals surface area contributed by atoms with E-state index in [1.54, 1.807) is 6.08 Å². The van der Waals surface area contributed by atoms with Gasteiger partial charge >= 0.3 is 0 Å². The smallest absolute Gasteiger partial charge is 0.0407 e. The zero-order valence-corrected chi connectivity index (χ0v) is 6.36. The molecule has 0 nitrogen and oxygen atoms in total. The predicted molar refractivity (Wildman–Crippen MR) is 43.8 cm³/mol. The molecule has 9 heavy (non-hydrogen) atoms. The van der Waals surface area contributed by atoms with Crippen LogP contribution >= 0.6 is 11.6 Å². The first-order valence-electron chi connectivity index (χ1n) is 2.86. The van der Waals surface area contributed by atoms with Crippen molar-refractivity contribution in [1.29, 1.82) is 0 Å². The number of halogens is 1. The highest BCUT2D eigenvalue weighted by atomic mass is 35.5. The summed E-state index contributed by atoms with van der Waals surface area (Å²) in [6.45, 7) is 5.59. The van der Waals surface area contributed by atoms with E-state index in [9.17, 15) is 0 Å². The molecule has 0 aromatic heterocycles. The van der Waals surface area contributed by atoms with Gasteiger partial charge in [-0.25, -0.2) is 0 Å². The maximum Gasteiger partial charge on any atom is 0.0407 e. The van der Waals surface area contributed by atoms with E-state index in [-0.39, 0.29) is 0 Å². The van der Waals surface area contributed by atoms with Crippen LogP contribution in [0.4, 0.5) is 0 Å². The van der Waals surface area contributed by atoms with E-state index < -0.39 is 0 Å². The second-order valence-electron chi connectivity index (χ2n) is 1.55. The van der Waals surface area contributed by atoms with Crippen LogP contribution in [0.25, 0.3) is 0 Å². The van der Waals surface area contributed by atoms with Crippen LogP contribution in [0.15, 0.2) is 36.5 Å². The molecule has 0 radical (unpaired) electrons. The highest BCUT2D eigenvalue weighted by molar-refractivity contribution is 6.18. The van der Waals surface area contributed by atoms with Crippen LogP contribution in [0.5, 0.6) is 0 Å². The van der Waals surface area contributed by atoms with Gasteiger partial charge in [0.2, 0.25) is 0 Å². The average Bonchev–Trinajstić information content (AvgIpc) is 1.91. The Morgan fingerprint density at radius 3 is 2.67 bits per heavy atom. The highest BCUT2D eigenvalue weighted by Crippen LogP contribution is 1.96. The molecule has 0 N–H and O–H groups in total. The molecule has 0 aliphatic heterocycles. The average molecular weight is 143 g/mol. The van der Waals surface area contributed by atoms with E-state index in [2.05, 4.69) is 6.58 Å². The minimum Gasteiger partial charge on any atom is -0.122 e. The Balaban J connectivity index is 3.84. The van der Waals surface area contributed by atoms with Gasteiger partial charge in [0.15, 0.2) is 0 Å². The molecule has 0 heterocycles. The largest absolute Gasteiger partial charge is 0.122 e. The van der Waals surface area contributed by atoms with Crippen molar-refractivity contribution in [3.8, 4) is 0 Å². The summed E-state index contributed by atoms with van der Waals surface area (Å²) in [7, 11) is 0. The summed E-state index contributed by atoms with van der Waals surface area (Å²) < 4.78 is 0. The van der Waals surface area contributed by atoms with Crippen LogP contribution in [0, 0.1) is 0 Å². The van der Waals surface area contributed by atoms with Crippen molar-refractivity contribution < 1.29 is 0 Å². The second kappa shape index (κ2) is 5.64. The quantitative estimate of drug-likeness (QED) is 0.420. The van der Waals surface area contributed by atoms with Crippen LogP contribution in [0.3, 0.4) is 0 Å². The lowest BCUT2D eigenvalue weighted by Gasteiger charge is -1.86. The molecule has 0 fully saturated rings. The summed E-state index contributed by atoms with van der Waals surface area (Å²) >= 11 is 5.41. The maximum absolute atomic E-state index is 5.41. The van der Waals surface area contributed by atoms with E-state index in [1.807, 2.05) is 25.2 Å². The molecule has 0 bridgehead atoms. The normalized spacial score (nSPS) is 12.4. The Labute approximate surface area is 61.5 Å². The molecule has 0 rings (SSSR count). The molecule has 0 aliphatic carbocycles. The number of alkyl halides is 1. The first-order chi connectivity index (χ1) is 4.35. The van der Waals surface area contributed by atoms with Gasteiger partial charge in [-0.3, -0.25) is 0 Å². The van der Waals surface area contributed by atoms with Crippen LogP contribution < -0.4 is 0 Å². The van der Waals surface area contributed by atoms with Gasteiger partial charge in [-0.2, -0.15) is 0 Å².